The van der Waals surface area contributed by atoms with E-state index in [1.165, 1.54) is 19.0 Å². The molecule has 5 atom stereocenters. The number of fused-ring (bicyclic) bond motifs is 3. The van der Waals surface area contributed by atoms with Crippen LogP contribution in [0, 0.1) is 23.6 Å². The van der Waals surface area contributed by atoms with E-state index in [1.54, 1.807) is 0 Å². The number of nitrogens with two attached hydrogens (primary N) is 1. The molecule has 1 fully saturated rings. The number of nitrogens with zero attached hydrogens (tertiary/aromatic N) is 1. The van der Waals surface area contributed by atoms with Crippen LogP contribution in [0.25, 0.3) is 5.76 Å². The summed E-state index contributed by atoms with van der Waals surface area (Å²) in [7, 11) is 2.99. The van der Waals surface area contributed by atoms with Crippen LogP contribution in [0.1, 0.15) is 31.4 Å². The number of aliphatic hydroxyl groups excluding tert-OH is 3. The Hall–Kier alpha value is -3.52. The van der Waals surface area contributed by atoms with Crippen LogP contribution in [0.15, 0.2) is 23.0 Å². The number of likely N-dealkylation sites (N-methyl/N-ethyl adjacent to an activating group) is 1. The molecular formula is C27H35FN4O8. The number of rotatable bonds is 8. The van der Waals surface area contributed by atoms with Crippen molar-refractivity contribution in [2.24, 2.45) is 23.5 Å². The van der Waals surface area contributed by atoms with Crippen molar-refractivity contribution in [2.45, 2.75) is 44.6 Å². The van der Waals surface area contributed by atoms with E-state index in [1.807, 2.05) is 13.8 Å². The molecule has 0 aliphatic heterocycles. The van der Waals surface area contributed by atoms with Gasteiger partial charge in [-0.3, -0.25) is 19.3 Å². The Balaban J connectivity index is 1.81. The number of phenols is 1. The summed E-state index contributed by atoms with van der Waals surface area (Å²) in [6.45, 7) is 4.62. The molecule has 1 saturated carbocycles. The minimum absolute atomic E-state index is 0.0674. The Bertz CT molecular complexity index is 1340. The second-order valence-electron chi connectivity index (χ2n) is 11.3. The van der Waals surface area contributed by atoms with Gasteiger partial charge in [0.05, 0.1) is 17.3 Å². The lowest BCUT2D eigenvalue weighted by Crippen LogP contribution is -2.65. The van der Waals surface area contributed by atoms with Crippen LogP contribution in [0.2, 0.25) is 0 Å². The van der Waals surface area contributed by atoms with Gasteiger partial charge < -0.3 is 41.9 Å². The molecule has 1 aromatic rings. The third-order valence-electron chi connectivity index (χ3n) is 7.88. The lowest BCUT2D eigenvalue weighted by molar-refractivity contribution is -0.153. The van der Waals surface area contributed by atoms with Gasteiger partial charge in [-0.1, -0.05) is 13.8 Å². The van der Waals surface area contributed by atoms with Crippen molar-refractivity contribution >= 4 is 28.9 Å². The van der Waals surface area contributed by atoms with Crippen molar-refractivity contribution in [3.8, 4) is 5.75 Å². The summed E-state index contributed by atoms with van der Waals surface area (Å²) in [4.78, 5) is 40.4. The smallest absolute Gasteiger partial charge is 0.255 e. The minimum atomic E-state index is -2.78. The van der Waals surface area contributed by atoms with Gasteiger partial charge in [-0.15, -0.1) is 0 Å². The monoisotopic (exact) mass is 562 g/mol. The third kappa shape index (κ3) is 4.52. The molecule has 9 N–H and O–H groups in total. The number of aromatic hydroxyl groups is 1. The van der Waals surface area contributed by atoms with Crippen LogP contribution in [0.5, 0.6) is 5.75 Å². The first kappa shape index (κ1) is 29.5. The van der Waals surface area contributed by atoms with Gasteiger partial charge in [0.15, 0.2) is 11.4 Å². The number of phenolic OH excluding ortho intramolecular Hbond substituents is 1. The molecule has 12 nitrogen and oxygen atoms in total. The van der Waals surface area contributed by atoms with Crippen LogP contribution < -0.4 is 16.4 Å². The van der Waals surface area contributed by atoms with Crippen molar-refractivity contribution in [1.29, 1.82) is 0 Å². The number of halogens is 1. The molecule has 1 unspecified atom stereocenters. The molecule has 3 aliphatic rings. The number of aliphatic hydroxyl groups is 4. The molecule has 0 spiro atoms. The maximum absolute atomic E-state index is 15.3. The average Bonchev–Trinajstić information content (AvgIpc) is 2.83. The van der Waals surface area contributed by atoms with Crippen LogP contribution in [-0.2, 0) is 20.8 Å². The Morgan fingerprint density at radius 3 is 2.45 bits per heavy atom. The number of hydrogen-bond donors (Lipinski definition) is 8. The Morgan fingerprint density at radius 2 is 1.88 bits per heavy atom. The summed E-state index contributed by atoms with van der Waals surface area (Å²) >= 11 is 0. The molecule has 0 radical (unpaired) electrons. The number of nitrogens with one attached hydrogen (secondary N) is 2. The normalized spacial score (nSPS) is 27.1. The molecule has 13 heteroatoms. The fraction of sp³-hybridized carbons (Fsp3) is 0.519. The summed E-state index contributed by atoms with van der Waals surface area (Å²) < 4.78 is 15.3. The highest BCUT2D eigenvalue weighted by Crippen LogP contribution is 2.53. The van der Waals surface area contributed by atoms with Gasteiger partial charge in [0.25, 0.3) is 5.91 Å². The van der Waals surface area contributed by atoms with Crippen LogP contribution in [0.3, 0.4) is 0 Å². The van der Waals surface area contributed by atoms with E-state index in [2.05, 4.69) is 10.6 Å². The van der Waals surface area contributed by atoms with E-state index in [9.17, 15) is 39.9 Å². The Labute approximate surface area is 230 Å². The SMILES string of the molecule is CC(C)CNCC(O)Nc1cc(F)c2c(c1O)C(O)=C1C(=O)[C@]3(O)C(O)=C(C(N)=O)C(=O)[C@@H](N(C)C)[C@@H]3C[C@@H]1C2. The van der Waals surface area contributed by atoms with Crippen molar-refractivity contribution in [3.05, 3.63) is 39.9 Å². The fourth-order valence-electron chi connectivity index (χ4n) is 6.12. The molecule has 1 amide bonds. The van der Waals surface area contributed by atoms with Crippen LogP contribution in [-0.4, -0.2) is 93.0 Å². The van der Waals surface area contributed by atoms with Crippen molar-refractivity contribution in [1.82, 2.24) is 10.2 Å². The van der Waals surface area contributed by atoms with E-state index in [0.717, 1.165) is 6.07 Å². The number of ketones is 2. The maximum atomic E-state index is 15.3. The van der Waals surface area contributed by atoms with E-state index in [-0.39, 0.29) is 36.2 Å². The predicted molar refractivity (Wildman–Crippen MR) is 142 cm³/mol. The first-order valence-corrected chi connectivity index (χ1v) is 13.0. The number of amides is 1. The lowest BCUT2D eigenvalue weighted by atomic mass is 9.57. The number of anilines is 1. The van der Waals surface area contributed by atoms with Crippen molar-refractivity contribution in [2.75, 3.05) is 32.5 Å². The molecule has 1 aromatic carbocycles. The van der Waals surface area contributed by atoms with Gasteiger partial charge in [-0.2, -0.15) is 0 Å². The third-order valence-corrected chi connectivity index (χ3v) is 7.88. The zero-order chi connectivity index (χ0) is 29.8. The minimum Gasteiger partial charge on any atom is -0.508 e. The van der Waals surface area contributed by atoms with Gasteiger partial charge >= 0.3 is 0 Å². The lowest BCUT2D eigenvalue weighted by Gasteiger charge is -2.50. The van der Waals surface area contributed by atoms with Gasteiger partial charge in [-0.25, -0.2) is 4.39 Å². The number of primary amides is 1. The molecule has 0 saturated heterocycles. The molecule has 0 aromatic heterocycles. The Morgan fingerprint density at radius 1 is 1.23 bits per heavy atom. The molecule has 0 bridgehead atoms. The largest absolute Gasteiger partial charge is 0.508 e. The summed E-state index contributed by atoms with van der Waals surface area (Å²) in [5.74, 6) is -8.69. The van der Waals surface area contributed by atoms with Gasteiger partial charge in [0, 0.05) is 29.7 Å². The van der Waals surface area contributed by atoms with Crippen molar-refractivity contribution in [3.63, 3.8) is 0 Å². The van der Waals surface area contributed by atoms with Crippen LogP contribution in [0.4, 0.5) is 10.1 Å². The van der Waals surface area contributed by atoms with Crippen molar-refractivity contribution < 1.29 is 44.3 Å². The topological polar surface area (TPSA) is 206 Å². The summed E-state index contributed by atoms with van der Waals surface area (Å²) in [6, 6.07) is -0.257. The number of benzene rings is 1. The highest BCUT2D eigenvalue weighted by Gasteiger charge is 2.64. The summed E-state index contributed by atoms with van der Waals surface area (Å²) in [5.41, 5.74) is 0.482. The zero-order valence-corrected chi connectivity index (χ0v) is 22.7. The average molecular weight is 563 g/mol. The molecule has 4 rings (SSSR count). The first-order chi connectivity index (χ1) is 18.6. The highest BCUT2D eigenvalue weighted by molar-refractivity contribution is 6.24. The quantitative estimate of drug-likeness (QED) is 0.121. The summed E-state index contributed by atoms with van der Waals surface area (Å²) in [5, 5.41) is 60.6. The zero-order valence-electron chi connectivity index (χ0n) is 22.7. The predicted octanol–water partition coefficient (Wildman–Crippen LogP) is 0.0790. The Kier molecular flexibility index (Phi) is 7.71. The first-order valence-electron chi connectivity index (χ1n) is 13.0. The van der Waals surface area contributed by atoms with Gasteiger partial charge in [0.2, 0.25) is 5.78 Å². The molecule has 0 heterocycles. The van der Waals surface area contributed by atoms with E-state index in [0.29, 0.717) is 12.5 Å². The van der Waals surface area contributed by atoms with Gasteiger partial charge in [-0.05, 0) is 45.3 Å². The number of carbonyl (C=O) groups is 3. The molecule has 218 valence electrons. The highest BCUT2D eigenvalue weighted by atomic mass is 19.1. The second kappa shape index (κ2) is 10.5. The maximum Gasteiger partial charge on any atom is 0.255 e. The second-order valence-corrected chi connectivity index (χ2v) is 11.3. The number of hydrogen-bond acceptors (Lipinski definition) is 11. The molecule has 40 heavy (non-hydrogen) atoms. The number of Topliss-reactive ketones (excluding diaryl/α,β-unsaturated/α-hetero) is 2. The van der Waals surface area contributed by atoms with Gasteiger partial charge in [0.1, 0.15) is 34.9 Å². The molecular weight excluding hydrogens is 527 g/mol. The van der Waals surface area contributed by atoms with E-state index in [4.69, 9.17) is 5.73 Å². The number of carbonyl (C=O) groups excluding carboxylic acids is 3. The van der Waals surface area contributed by atoms with E-state index >= 15 is 4.39 Å². The molecule has 3 aliphatic carbocycles. The van der Waals surface area contributed by atoms with Crippen LogP contribution >= 0.6 is 0 Å². The fourth-order valence-corrected chi connectivity index (χ4v) is 6.12. The summed E-state index contributed by atoms with van der Waals surface area (Å²) in [6.07, 6.45) is -1.55. The van der Waals surface area contributed by atoms with E-state index < -0.39 is 81.4 Å². The standard InChI is InChI=1S/C27H35FN4O8/c1-10(2)8-30-9-16(33)31-15-7-14(28)12-5-11-6-13-20(32(3)4)23(36)19(26(29)39)25(38)27(13,40)24(37)17(11)22(35)18(12)21(15)34/h7,10-11,13,16,20,30-31,33-35,38,40H,5-6,8-9H2,1-4H3,(H2,29,39)/t11-,13-,16?,20-,27-/m0/s1.